The van der Waals surface area contributed by atoms with E-state index in [2.05, 4.69) is 10.3 Å². The van der Waals surface area contributed by atoms with Gasteiger partial charge in [-0.25, -0.2) is 13.8 Å². The standard InChI is InChI=1S/C14H21F2N3O2.HI/c1-10(8-20-2)19-14(17)18-7-11-4-3-5-12(6-11)21-9-13(15)16;/h3-6,10,13H,7-9H2,1-2H3,(H3,17,18,19);1H. The summed E-state index contributed by atoms with van der Waals surface area (Å²) < 4.78 is 34.1. The van der Waals surface area contributed by atoms with Crippen molar-refractivity contribution in [2.45, 2.75) is 25.9 Å². The van der Waals surface area contributed by atoms with Crippen LogP contribution in [-0.4, -0.2) is 38.8 Å². The van der Waals surface area contributed by atoms with Crippen molar-refractivity contribution in [3.05, 3.63) is 29.8 Å². The molecule has 0 aromatic heterocycles. The highest BCUT2D eigenvalue weighted by atomic mass is 127. The highest BCUT2D eigenvalue weighted by molar-refractivity contribution is 14.0. The van der Waals surface area contributed by atoms with E-state index in [1.807, 2.05) is 13.0 Å². The van der Waals surface area contributed by atoms with Crippen LogP contribution >= 0.6 is 24.0 Å². The number of ether oxygens (including phenoxy) is 2. The van der Waals surface area contributed by atoms with E-state index < -0.39 is 13.0 Å². The minimum absolute atomic E-state index is 0. The molecule has 126 valence electrons. The summed E-state index contributed by atoms with van der Waals surface area (Å²) in [5.74, 6) is 0.695. The predicted molar refractivity (Wildman–Crippen MR) is 93.2 cm³/mol. The number of nitrogens with one attached hydrogen (secondary N) is 1. The second-order valence-electron chi connectivity index (χ2n) is 4.55. The molecule has 1 rings (SSSR count). The van der Waals surface area contributed by atoms with Crippen molar-refractivity contribution >= 4 is 29.9 Å². The number of methoxy groups -OCH3 is 1. The molecular weight excluding hydrogens is 407 g/mol. The van der Waals surface area contributed by atoms with Gasteiger partial charge >= 0.3 is 0 Å². The number of halogens is 3. The fraction of sp³-hybridized carbons (Fsp3) is 0.500. The first kappa shape index (κ1) is 20.8. The van der Waals surface area contributed by atoms with Crippen LogP contribution in [-0.2, 0) is 11.3 Å². The molecule has 0 spiro atoms. The number of hydrogen-bond donors (Lipinski definition) is 2. The van der Waals surface area contributed by atoms with Gasteiger partial charge in [-0.15, -0.1) is 24.0 Å². The highest BCUT2D eigenvalue weighted by Gasteiger charge is 2.04. The Labute approximate surface area is 146 Å². The Morgan fingerprint density at radius 3 is 2.73 bits per heavy atom. The minimum atomic E-state index is -2.49. The predicted octanol–water partition coefficient (Wildman–Crippen LogP) is 2.39. The van der Waals surface area contributed by atoms with Gasteiger partial charge in [-0.05, 0) is 24.6 Å². The third-order valence-corrected chi connectivity index (χ3v) is 2.52. The molecule has 0 amide bonds. The third-order valence-electron chi connectivity index (χ3n) is 2.52. The number of nitrogens with two attached hydrogens (primary N) is 1. The first-order valence-electron chi connectivity index (χ1n) is 6.56. The van der Waals surface area contributed by atoms with Gasteiger partial charge in [0, 0.05) is 13.2 Å². The zero-order chi connectivity index (χ0) is 15.7. The van der Waals surface area contributed by atoms with Gasteiger partial charge < -0.3 is 20.5 Å². The van der Waals surface area contributed by atoms with Crippen molar-refractivity contribution < 1.29 is 18.3 Å². The summed E-state index contributed by atoms with van der Waals surface area (Å²) in [5.41, 5.74) is 6.57. The highest BCUT2D eigenvalue weighted by Crippen LogP contribution is 2.14. The van der Waals surface area contributed by atoms with Gasteiger partial charge in [-0.3, -0.25) is 0 Å². The molecule has 8 heteroatoms. The van der Waals surface area contributed by atoms with Gasteiger partial charge in [0.25, 0.3) is 6.43 Å². The van der Waals surface area contributed by atoms with Gasteiger partial charge in [0.15, 0.2) is 5.96 Å². The van der Waals surface area contributed by atoms with E-state index in [-0.39, 0.29) is 30.0 Å². The van der Waals surface area contributed by atoms with Crippen molar-refractivity contribution in [3.8, 4) is 5.75 Å². The van der Waals surface area contributed by atoms with Crippen molar-refractivity contribution in [3.63, 3.8) is 0 Å². The summed E-state index contributed by atoms with van der Waals surface area (Å²) in [7, 11) is 1.61. The zero-order valence-corrected chi connectivity index (χ0v) is 14.9. The second-order valence-corrected chi connectivity index (χ2v) is 4.55. The molecule has 3 N–H and O–H groups in total. The lowest BCUT2D eigenvalue weighted by Crippen LogP contribution is -2.40. The van der Waals surface area contributed by atoms with Crippen LogP contribution in [0.4, 0.5) is 8.78 Å². The van der Waals surface area contributed by atoms with Crippen LogP contribution in [0.25, 0.3) is 0 Å². The molecule has 0 heterocycles. The maximum Gasteiger partial charge on any atom is 0.272 e. The smallest absolute Gasteiger partial charge is 0.272 e. The van der Waals surface area contributed by atoms with Gasteiger partial charge in [0.05, 0.1) is 13.2 Å². The minimum Gasteiger partial charge on any atom is -0.488 e. The number of rotatable bonds is 8. The van der Waals surface area contributed by atoms with Crippen molar-refractivity contribution in [1.29, 1.82) is 0 Å². The normalized spacial score (nSPS) is 12.7. The van der Waals surface area contributed by atoms with Crippen LogP contribution in [0.1, 0.15) is 12.5 Å². The Morgan fingerprint density at radius 2 is 2.09 bits per heavy atom. The molecule has 0 saturated carbocycles. The lowest BCUT2D eigenvalue weighted by Gasteiger charge is -2.13. The van der Waals surface area contributed by atoms with Gasteiger partial charge in [-0.1, -0.05) is 12.1 Å². The lowest BCUT2D eigenvalue weighted by molar-refractivity contribution is 0.0818. The van der Waals surface area contributed by atoms with E-state index in [0.29, 0.717) is 24.9 Å². The number of alkyl halides is 2. The monoisotopic (exact) mass is 429 g/mol. The third kappa shape index (κ3) is 8.98. The van der Waals surface area contributed by atoms with E-state index in [4.69, 9.17) is 15.2 Å². The molecule has 22 heavy (non-hydrogen) atoms. The van der Waals surface area contributed by atoms with Gasteiger partial charge in [-0.2, -0.15) is 0 Å². The summed E-state index contributed by atoms with van der Waals surface area (Å²) in [6, 6.07) is 6.89. The quantitative estimate of drug-likeness (QED) is 0.379. The molecule has 0 radical (unpaired) electrons. The Bertz CT molecular complexity index is 461. The molecule has 0 bridgehead atoms. The Hall–Kier alpha value is -1.16. The van der Waals surface area contributed by atoms with E-state index in [9.17, 15) is 8.78 Å². The van der Waals surface area contributed by atoms with E-state index in [0.717, 1.165) is 5.56 Å². The van der Waals surface area contributed by atoms with Crippen LogP contribution in [0.5, 0.6) is 5.75 Å². The number of nitrogens with zero attached hydrogens (tertiary/aromatic N) is 1. The molecule has 1 unspecified atom stereocenters. The molecule has 5 nitrogen and oxygen atoms in total. The summed E-state index contributed by atoms with van der Waals surface area (Å²) in [4.78, 5) is 4.18. The number of hydrogen-bond acceptors (Lipinski definition) is 3. The first-order chi connectivity index (χ1) is 10.0. The van der Waals surface area contributed by atoms with Crippen molar-refractivity contribution in [2.75, 3.05) is 20.3 Å². The Morgan fingerprint density at radius 1 is 1.36 bits per heavy atom. The average molecular weight is 429 g/mol. The SMILES string of the molecule is COCC(C)NC(N)=NCc1cccc(OCC(F)F)c1.I. The molecule has 1 aromatic rings. The van der Waals surface area contributed by atoms with Crippen LogP contribution in [0, 0.1) is 0 Å². The maximum atomic E-state index is 12.1. The summed E-state index contributed by atoms with van der Waals surface area (Å²) >= 11 is 0. The van der Waals surface area contributed by atoms with Gasteiger partial charge in [0.2, 0.25) is 0 Å². The molecule has 0 aliphatic rings. The van der Waals surface area contributed by atoms with Crippen LogP contribution < -0.4 is 15.8 Å². The lowest BCUT2D eigenvalue weighted by atomic mass is 10.2. The van der Waals surface area contributed by atoms with Crippen molar-refractivity contribution in [1.82, 2.24) is 5.32 Å². The molecular formula is C14H22F2IN3O2. The van der Waals surface area contributed by atoms with E-state index in [1.165, 1.54) is 0 Å². The number of guanidine groups is 1. The number of benzene rings is 1. The second kappa shape index (κ2) is 11.4. The number of aliphatic imine (C=N–C) groups is 1. The summed E-state index contributed by atoms with van der Waals surface area (Å²) in [6.45, 7) is 2.16. The fourth-order valence-electron chi connectivity index (χ4n) is 1.66. The van der Waals surface area contributed by atoms with Crippen LogP contribution in [0.3, 0.4) is 0 Å². The topological polar surface area (TPSA) is 68.9 Å². The first-order valence-corrected chi connectivity index (χ1v) is 6.56. The van der Waals surface area contributed by atoms with Crippen LogP contribution in [0.2, 0.25) is 0 Å². The summed E-state index contributed by atoms with van der Waals surface area (Å²) in [5, 5.41) is 2.98. The molecule has 1 aromatic carbocycles. The van der Waals surface area contributed by atoms with E-state index in [1.54, 1.807) is 25.3 Å². The molecule has 0 saturated heterocycles. The van der Waals surface area contributed by atoms with Crippen molar-refractivity contribution in [2.24, 2.45) is 10.7 Å². The molecule has 0 fully saturated rings. The summed E-state index contributed by atoms with van der Waals surface area (Å²) in [6.07, 6.45) is -2.49. The van der Waals surface area contributed by atoms with E-state index >= 15 is 0 Å². The van der Waals surface area contributed by atoms with Crippen LogP contribution in [0.15, 0.2) is 29.3 Å². The average Bonchev–Trinajstić information content (AvgIpc) is 2.43. The fourth-order valence-corrected chi connectivity index (χ4v) is 1.66. The Kier molecular flexibility index (Phi) is 10.8. The molecule has 0 aliphatic heterocycles. The zero-order valence-electron chi connectivity index (χ0n) is 12.6. The largest absolute Gasteiger partial charge is 0.488 e. The maximum absolute atomic E-state index is 12.1. The Balaban J connectivity index is 0.00000441. The molecule has 1 atom stereocenters. The molecule has 0 aliphatic carbocycles. The van der Waals surface area contributed by atoms with Gasteiger partial charge in [0.1, 0.15) is 12.4 Å².